The third kappa shape index (κ3) is 2.73. The molecule has 0 N–H and O–H groups in total. The maximum Gasteiger partial charge on any atom is 0.175 e. The molecule has 3 aromatic rings. The number of halogens is 1. The molecule has 0 fully saturated rings. The molecule has 0 atom stereocenters. The molecule has 2 heterocycles. The molecule has 1 aliphatic rings. The summed E-state index contributed by atoms with van der Waals surface area (Å²) in [6.45, 7) is 0.204. The summed E-state index contributed by atoms with van der Waals surface area (Å²) >= 11 is 6.40. The molecule has 4 rings (SSSR count). The van der Waals surface area contributed by atoms with Crippen molar-refractivity contribution >= 4 is 21.4 Å². The molecule has 8 heteroatoms. The molecule has 0 radical (unpaired) electrons. The van der Waals surface area contributed by atoms with Gasteiger partial charge in [0, 0.05) is 17.9 Å². The van der Waals surface area contributed by atoms with Crippen LogP contribution in [0.5, 0.6) is 11.5 Å². The van der Waals surface area contributed by atoms with Crippen LogP contribution in [0.2, 0.25) is 5.15 Å². The summed E-state index contributed by atoms with van der Waals surface area (Å²) in [5, 5.41) is 0.355. The monoisotopic (exact) mass is 390 g/mol. The van der Waals surface area contributed by atoms with Crippen molar-refractivity contribution < 1.29 is 17.9 Å². The van der Waals surface area contributed by atoms with E-state index in [2.05, 4.69) is 4.98 Å². The van der Waals surface area contributed by atoms with Gasteiger partial charge in [-0.3, -0.25) is 4.57 Å². The van der Waals surface area contributed by atoms with Gasteiger partial charge in [0.05, 0.1) is 23.4 Å². The number of rotatable bonds is 3. The molecule has 1 aliphatic heterocycles. The Bertz CT molecular complexity index is 1100. The Morgan fingerprint density at radius 1 is 1.19 bits per heavy atom. The maximum atomic E-state index is 11.8. The molecule has 0 saturated heterocycles. The van der Waals surface area contributed by atoms with Crippen LogP contribution in [0, 0.1) is 0 Å². The zero-order valence-electron chi connectivity index (χ0n) is 14.1. The van der Waals surface area contributed by atoms with E-state index in [0.29, 0.717) is 22.4 Å². The van der Waals surface area contributed by atoms with Crippen molar-refractivity contribution in [3.8, 4) is 28.4 Å². The SMILES string of the molecule is COc1ccc(-c2c(Cl)nc3n2-c2ccc(S(C)(=O)=O)cc2OC3)cc1. The van der Waals surface area contributed by atoms with E-state index in [1.807, 2.05) is 28.8 Å². The highest BCUT2D eigenvalue weighted by molar-refractivity contribution is 7.90. The molecule has 6 nitrogen and oxygen atoms in total. The van der Waals surface area contributed by atoms with E-state index in [9.17, 15) is 8.42 Å². The second-order valence-electron chi connectivity index (χ2n) is 5.92. The lowest BCUT2D eigenvalue weighted by Gasteiger charge is -2.22. The first-order chi connectivity index (χ1) is 12.4. The first-order valence-electron chi connectivity index (χ1n) is 7.77. The van der Waals surface area contributed by atoms with Gasteiger partial charge in [-0.2, -0.15) is 0 Å². The Balaban J connectivity index is 1.90. The Morgan fingerprint density at radius 2 is 1.92 bits per heavy atom. The van der Waals surface area contributed by atoms with Gasteiger partial charge < -0.3 is 9.47 Å². The zero-order valence-corrected chi connectivity index (χ0v) is 15.6. The number of fused-ring (bicyclic) bond motifs is 3. The van der Waals surface area contributed by atoms with E-state index >= 15 is 0 Å². The van der Waals surface area contributed by atoms with Crippen LogP contribution in [0.25, 0.3) is 16.9 Å². The highest BCUT2D eigenvalue weighted by Crippen LogP contribution is 2.39. The maximum absolute atomic E-state index is 11.8. The summed E-state index contributed by atoms with van der Waals surface area (Å²) in [5.74, 6) is 1.87. The molecule has 134 valence electrons. The fraction of sp³-hybridized carbons (Fsp3) is 0.167. The smallest absolute Gasteiger partial charge is 0.175 e. The highest BCUT2D eigenvalue weighted by Gasteiger charge is 2.26. The molecular weight excluding hydrogens is 376 g/mol. The van der Waals surface area contributed by atoms with Gasteiger partial charge in [0.25, 0.3) is 0 Å². The Kier molecular flexibility index (Phi) is 3.93. The average molecular weight is 391 g/mol. The predicted molar refractivity (Wildman–Crippen MR) is 98.0 cm³/mol. The van der Waals surface area contributed by atoms with Gasteiger partial charge in [-0.25, -0.2) is 13.4 Å². The fourth-order valence-corrected chi connectivity index (χ4v) is 3.89. The van der Waals surface area contributed by atoms with Gasteiger partial charge in [0.2, 0.25) is 0 Å². The van der Waals surface area contributed by atoms with Gasteiger partial charge in [0.15, 0.2) is 20.8 Å². The summed E-state index contributed by atoms with van der Waals surface area (Å²) in [4.78, 5) is 4.60. The molecule has 0 amide bonds. The molecular formula is C18H15ClN2O4S. The molecule has 2 aromatic carbocycles. The number of imidazole rings is 1. The fourth-order valence-electron chi connectivity index (χ4n) is 2.96. The lowest BCUT2D eigenvalue weighted by atomic mass is 10.1. The van der Waals surface area contributed by atoms with Crippen LogP contribution in [-0.2, 0) is 16.4 Å². The van der Waals surface area contributed by atoms with Gasteiger partial charge in [-0.1, -0.05) is 11.6 Å². The van der Waals surface area contributed by atoms with Gasteiger partial charge in [-0.15, -0.1) is 0 Å². The summed E-state index contributed by atoms with van der Waals surface area (Å²) < 4.78 is 36.4. The van der Waals surface area contributed by atoms with E-state index < -0.39 is 9.84 Å². The van der Waals surface area contributed by atoms with E-state index in [0.717, 1.165) is 17.0 Å². The normalized spacial score (nSPS) is 12.9. The van der Waals surface area contributed by atoms with Gasteiger partial charge in [0.1, 0.15) is 18.1 Å². The van der Waals surface area contributed by atoms with Crippen LogP contribution in [0.15, 0.2) is 47.4 Å². The van der Waals surface area contributed by atoms with E-state index in [1.165, 1.54) is 12.3 Å². The number of nitrogens with zero attached hydrogens (tertiary/aromatic N) is 2. The molecule has 0 aliphatic carbocycles. The number of hydrogen-bond acceptors (Lipinski definition) is 5. The minimum atomic E-state index is -3.32. The summed E-state index contributed by atoms with van der Waals surface area (Å²) in [7, 11) is -1.72. The van der Waals surface area contributed by atoms with Crippen molar-refractivity contribution in [3.05, 3.63) is 53.4 Å². The lowest BCUT2D eigenvalue weighted by Crippen LogP contribution is -2.14. The summed E-state index contributed by atoms with van der Waals surface area (Å²) in [5.41, 5.74) is 2.29. The van der Waals surface area contributed by atoms with E-state index in [4.69, 9.17) is 21.1 Å². The molecule has 26 heavy (non-hydrogen) atoms. The molecule has 1 aromatic heterocycles. The number of ether oxygens (including phenoxy) is 2. The van der Waals surface area contributed by atoms with Crippen LogP contribution < -0.4 is 9.47 Å². The lowest BCUT2D eigenvalue weighted by molar-refractivity contribution is 0.279. The standard InChI is InChI=1S/C18H15ClN2O4S/c1-24-12-5-3-11(4-6-12)17-18(19)20-16-10-25-15-9-13(26(2,22)23)7-8-14(15)21(16)17/h3-9H,10H2,1-2H3. The second-order valence-corrected chi connectivity index (χ2v) is 8.30. The van der Waals surface area contributed by atoms with Crippen molar-refractivity contribution in [2.75, 3.05) is 13.4 Å². The third-order valence-electron chi connectivity index (χ3n) is 4.22. The zero-order chi connectivity index (χ0) is 18.5. The molecule has 0 unspecified atom stereocenters. The van der Waals surface area contributed by atoms with Gasteiger partial charge in [-0.05, 0) is 36.4 Å². The number of methoxy groups -OCH3 is 1. The van der Waals surface area contributed by atoms with Crippen LogP contribution in [-0.4, -0.2) is 31.3 Å². The van der Waals surface area contributed by atoms with Crippen LogP contribution >= 0.6 is 11.6 Å². The number of aromatic nitrogens is 2. The highest BCUT2D eigenvalue weighted by atomic mass is 35.5. The predicted octanol–water partition coefficient (Wildman–Crippen LogP) is 3.50. The van der Waals surface area contributed by atoms with Gasteiger partial charge >= 0.3 is 0 Å². The molecule has 0 spiro atoms. The van der Waals surface area contributed by atoms with Crippen molar-refractivity contribution in [2.24, 2.45) is 0 Å². The van der Waals surface area contributed by atoms with Crippen molar-refractivity contribution in [3.63, 3.8) is 0 Å². The van der Waals surface area contributed by atoms with E-state index in [-0.39, 0.29) is 11.5 Å². The first-order valence-corrected chi connectivity index (χ1v) is 10.0. The summed E-state index contributed by atoms with van der Waals surface area (Å²) in [6, 6.07) is 12.3. The molecule has 0 saturated carbocycles. The van der Waals surface area contributed by atoms with Crippen molar-refractivity contribution in [1.29, 1.82) is 0 Å². The van der Waals surface area contributed by atoms with Crippen LogP contribution in [0.3, 0.4) is 0 Å². The quantitative estimate of drug-likeness (QED) is 0.684. The van der Waals surface area contributed by atoms with Crippen LogP contribution in [0.1, 0.15) is 5.82 Å². The Hall–Kier alpha value is -2.51. The van der Waals surface area contributed by atoms with Crippen molar-refractivity contribution in [1.82, 2.24) is 9.55 Å². The number of benzene rings is 2. The average Bonchev–Trinajstić information content (AvgIpc) is 2.97. The first kappa shape index (κ1) is 16.9. The Labute approximate surface area is 155 Å². The topological polar surface area (TPSA) is 70.4 Å². The number of sulfone groups is 1. The minimum absolute atomic E-state index is 0.204. The Morgan fingerprint density at radius 3 is 2.58 bits per heavy atom. The number of hydrogen-bond donors (Lipinski definition) is 0. The molecule has 0 bridgehead atoms. The largest absolute Gasteiger partial charge is 0.497 e. The minimum Gasteiger partial charge on any atom is -0.497 e. The van der Waals surface area contributed by atoms with Crippen LogP contribution in [0.4, 0.5) is 0 Å². The van der Waals surface area contributed by atoms with Crippen molar-refractivity contribution in [2.45, 2.75) is 11.5 Å². The van der Waals surface area contributed by atoms with E-state index in [1.54, 1.807) is 19.2 Å². The second kappa shape index (κ2) is 6.03. The third-order valence-corrected chi connectivity index (χ3v) is 5.60. The summed E-state index contributed by atoms with van der Waals surface area (Å²) in [6.07, 6.45) is 1.17.